The van der Waals surface area contributed by atoms with Gasteiger partial charge in [-0.2, -0.15) is 0 Å². The number of carbonyl (C=O) groups excluding carboxylic acids is 2. The maximum atomic E-state index is 12.5. The average Bonchev–Trinajstić information content (AvgIpc) is 2.72. The minimum Gasteiger partial charge on any atom is -0.497 e. The second-order valence-electron chi connectivity index (χ2n) is 6.85. The molecule has 1 atom stereocenters. The monoisotopic (exact) mass is 399 g/mol. The Labute approximate surface area is 172 Å². The first-order valence-electron chi connectivity index (χ1n) is 9.38. The summed E-state index contributed by atoms with van der Waals surface area (Å²) in [4.78, 5) is 26.0. The van der Waals surface area contributed by atoms with Crippen LogP contribution in [0.2, 0.25) is 0 Å². The number of rotatable bonds is 9. The molecule has 7 heteroatoms. The molecule has 0 aliphatic heterocycles. The van der Waals surface area contributed by atoms with E-state index >= 15 is 0 Å². The fourth-order valence-electron chi connectivity index (χ4n) is 3.06. The van der Waals surface area contributed by atoms with E-state index in [1.807, 2.05) is 49.2 Å². The van der Waals surface area contributed by atoms with Gasteiger partial charge in [0.25, 0.3) is 5.91 Å². The summed E-state index contributed by atoms with van der Waals surface area (Å²) in [5.74, 6) is 1.19. The molecule has 0 heterocycles. The van der Waals surface area contributed by atoms with Gasteiger partial charge in [0.05, 0.1) is 26.8 Å². The fraction of sp³-hybridized carbons (Fsp3) is 0.364. The number of nitrogens with one attached hydrogen (secondary N) is 2. The van der Waals surface area contributed by atoms with Gasteiger partial charge in [-0.1, -0.05) is 12.1 Å². The van der Waals surface area contributed by atoms with Gasteiger partial charge in [0.2, 0.25) is 5.91 Å². The molecule has 0 fully saturated rings. The molecular formula is C22H29N3O4. The molecule has 0 saturated carbocycles. The van der Waals surface area contributed by atoms with Gasteiger partial charge in [-0.3, -0.25) is 14.5 Å². The summed E-state index contributed by atoms with van der Waals surface area (Å²) in [6, 6.07) is 12.6. The van der Waals surface area contributed by atoms with Crippen molar-refractivity contribution in [2.24, 2.45) is 0 Å². The maximum Gasteiger partial charge on any atom is 0.251 e. The minimum absolute atomic E-state index is 0.0909. The number of amides is 2. The quantitative estimate of drug-likeness (QED) is 0.677. The Morgan fingerprint density at radius 1 is 1.07 bits per heavy atom. The van der Waals surface area contributed by atoms with E-state index in [0.29, 0.717) is 23.6 Å². The zero-order valence-electron chi connectivity index (χ0n) is 17.6. The van der Waals surface area contributed by atoms with E-state index in [0.717, 1.165) is 11.1 Å². The van der Waals surface area contributed by atoms with Gasteiger partial charge < -0.3 is 20.1 Å². The van der Waals surface area contributed by atoms with Crippen LogP contribution in [0.3, 0.4) is 0 Å². The summed E-state index contributed by atoms with van der Waals surface area (Å²) in [6.07, 6.45) is 0. The van der Waals surface area contributed by atoms with Gasteiger partial charge in [0.15, 0.2) is 0 Å². The van der Waals surface area contributed by atoms with Crippen LogP contribution in [-0.2, 0) is 11.3 Å². The van der Waals surface area contributed by atoms with Crippen molar-refractivity contribution in [3.63, 3.8) is 0 Å². The highest BCUT2D eigenvalue weighted by molar-refractivity contribution is 5.93. The van der Waals surface area contributed by atoms with Gasteiger partial charge in [0, 0.05) is 24.7 Å². The lowest BCUT2D eigenvalue weighted by molar-refractivity contribution is -0.122. The van der Waals surface area contributed by atoms with Crippen LogP contribution < -0.4 is 20.1 Å². The summed E-state index contributed by atoms with van der Waals surface area (Å²) in [7, 11) is 6.68. The van der Waals surface area contributed by atoms with Crippen LogP contribution in [0.15, 0.2) is 42.5 Å². The second-order valence-corrected chi connectivity index (χ2v) is 6.85. The highest BCUT2D eigenvalue weighted by atomic mass is 16.5. The van der Waals surface area contributed by atoms with Crippen molar-refractivity contribution in [2.75, 3.05) is 34.9 Å². The van der Waals surface area contributed by atoms with Crippen LogP contribution >= 0.6 is 0 Å². The molecule has 2 rings (SSSR count). The molecule has 7 nitrogen and oxygen atoms in total. The first kappa shape index (κ1) is 22.2. The van der Waals surface area contributed by atoms with Crippen molar-refractivity contribution in [1.29, 1.82) is 0 Å². The molecule has 0 spiro atoms. The molecule has 0 aromatic heterocycles. The van der Waals surface area contributed by atoms with E-state index in [4.69, 9.17) is 9.47 Å². The third kappa shape index (κ3) is 6.22. The Hall–Kier alpha value is -3.06. The number of methoxy groups -OCH3 is 2. The van der Waals surface area contributed by atoms with Gasteiger partial charge in [-0.25, -0.2) is 0 Å². The zero-order valence-corrected chi connectivity index (χ0v) is 17.6. The number of likely N-dealkylation sites (N-methyl/N-ethyl adjacent to an activating group) is 1. The number of nitrogens with zero attached hydrogens (tertiary/aromatic N) is 1. The van der Waals surface area contributed by atoms with Gasteiger partial charge in [-0.15, -0.1) is 0 Å². The Kier molecular flexibility index (Phi) is 8.03. The van der Waals surface area contributed by atoms with Crippen molar-refractivity contribution >= 4 is 11.8 Å². The lowest BCUT2D eigenvalue weighted by Gasteiger charge is -2.21. The van der Waals surface area contributed by atoms with Crippen molar-refractivity contribution in [1.82, 2.24) is 15.5 Å². The third-order valence-electron chi connectivity index (χ3n) is 4.59. The van der Waals surface area contributed by atoms with Crippen LogP contribution in [0.1, 0.15) is 34.5 Å². The molecule has 0 aliphatic carbocycles. The smallest absolute Gasteiger partial charge is 0.251 e. The largest absolute Gasteiger partial charge is 0.497 e. The minimum atomic E-state index is -0.229. The Bertz CT molecular complexity index is 836. The van der Waals surface area contributed by atoms with E-state index in [1.54, 1.807) is 33.4 Å². The highest BCUT2D eigenvalue weighted by Gasteiger charge is 2.16. The third-order valence-corrected chi connectivity index (χ3v) is 4.59. The molecule has 2 aromatic carbocycles. The van der Waals surface area contributed by atoms with E-state index in [1.165, 1.54) is 0 Å². The average molecular weight is 399 g/mol. The molecule has 0 unspecified atom stereocenters. The molecule has 0 aliphatic rings. The fourth-order valence-corrected chi connectivity index (χ4v) is 3.06. The molecule has 0 bridgehead atoms. The summed E-state index contributed by atoms with van der Waals surface area (Å²) >= 11 is 0. The molecule has 0 saturated heterocycles. The number of benzene rings is 2. The van der Waals surface area contributed by atoms with Crippen LogP contribution in [0.4, 0.5) is 0 Å². The first-order valence-corrected chi connectivity index (χ1v) is 9.38. The van der Waals surface area contributed by atoms with Crippen molar-refractivity contribution < 1.29 is 19.1 Å². The second kappa shape index (κ2) is 10.5. The Balaban J connectivity index is 1.93. The summed E-state index contributed by atoms with van der Waals surface area (Å²) in [5.41, 5.74) is 2.49. The van der Waals surface area contributed by atoms with Crippen LogP contribution in [0, 0.1) is 0 Å². The first-order chi connectivity index (χ1) is 13.9. The zero-order chi connectivity index (χ0) is 21.4. The van der Waals surface area contributed by atoms with Gasteiger partial charge >= 0.3 is 0 Å². The Morgan fingerprint density at radius 3 is 2.34 bits per heavy atom. The normalized spacial score (nSPS) is 11.7. The Morgan fingerprint density at radius 2 is 1.76 bits per heavy atom. The number of carbonyl (C=O) groups is 2. The van der Waals surface area contributed by atoms with Crippen molar-refractivity contribution in [3.8, 4) is 11.5 Å². The molecule has 2 N–H and O–H groups in total. The number of hydrogen-bond donors (Lipinski definition) is 2. The lowest BCUT2D eigenvalue weighted by Crippen LogP contribution is -2.36. The van der Waals surface area contributed by atoms with E-state index in [-0.39, 0.29) is 24.4 Å². The van der Waals surface area contributed by atoms with Gasteiger partial charge in [0.1, 0.15) is 11.5 Å². The summed E-state index contributed by atoms with van der Waals surface area (Å²) < 4.78 is 10.7. The molecular weight excluding hydrogens is 370 g/mol. The molecule has 156 valence electrons. The van der Waals surface area contributed by atoms with Crippen molar-refractivity contribution in [3.05, 3.63) is 59.2 Å². The highest BCUT2D eigenvalue weighted by Crippen LogP contribution is 2.29. The summed E-state index contributed by atoms with van der Waals surface area (Å²) in [5, 5.41) is 5.60. The van der Waals surface area contributed by atoms with Crippen molar-refractivity contribution in [2.45, 2.75) is 19.5 Å². The van der Waals surface area contributed by atoms with Crippen LogP contribution in [-0.4, -0.2) is 51.6 Å². The van der Waals surface area contributed by atoms with Gasteiger partial charge in [-0.05, 0) is 49.9 Å². The molecule has 0 radical (unpaired) electrons. The summed E-state index contributed by atoms with van der Waals surface area (Å²) in [6.45, 7) is 2.75. The predicted molar refractivity (Wildman–Crippen MR) is 112 cm³/mol. The molecule has 2 amide bonds. The van der Waals surface area contributed by atoms with Crippen LogP contribution in [0.25, 0.3) is 0 Å². The predicted octanol–water partition coefficient (Wildman–Crippen LogP) is 2.37. The maximum absolute atomic E-state index is 12.5. The lowest BCUT2D eigenvalue weighted by atomic mass is 10.1. The SMILES string of the molecule is CNC(=O)c1ccc(CN(C)CC(=O)N[C@H](C)c2cc(OC)ccc2OC)cc1. The molecule has 29 heavy (non-hydrogen) atoms. The number of ether oxygens (including phenoxy) is 2. The molecule has 2 aromatic rings. The topological polar surface area (TPSA) is 79.9 Å². The van der Waals surface area contributed by atoms with E-state index < -0.39 is 0 Å². The van der Waals surface area contributed by atoms with Crippen LogP contribution in [0.5, 0.6) is 11.5 Å². The standard InChI is InChI=1S/C22H29N3O4/c1-15(19-12-18(28-4)10-11-20(19)29-5)24-21(26)14-25(3)13-16-6-8-17(9-7-16)22(27)23-2/h6-12,15H,13-14H2,1-5H3,(H,23,27)(H,24,26)/t15-/m1/s1. The van der Waals surface area contributed by atoms with E-state index in [9.17, 15) is 9.59 Å². The van der Waals surface area contributed by atoms with E-state index in [2.05, 4.69) is 10.6 Å². The number of hydrogen-bond acceptors (Lipinski definition) is 5.